The fourth-order valence-corrected chi connectivity index (χ4v) is 1.46. The van der Waals surface area contributed by atoms with Crippen LogP contribution in [0.1, 0.15) is 23.7 Å². The molecule has 1 rings (SSSR count). The molecule has 0 aliphatic carbocycles. The average molecular weight is 200 g/mol. The molecule has 0 aromatic heterocycles. The van der Waals surface area contributed by atoms with Crippen LogP contribution in [0.5, 0.6) is 0 Å². The lowest BCUT2D eigenvalue weighted by molar-refractivity contribution is 0.0301. The van der Waals surface area contributed by atoms with E-state index in [2.05, 4.69) is 0 Å². The van der Waals surface area contributed by atoms with Crippen molar-refractivity contribution in [3.05, 3.63) is 35.4 Å². The Morgan fingerprint density at radius 3 is 2.43 bits per heavy atom. The van der Waals surface area contributed by atoms with E-state index >= 15 is 0 Å². The third kappa shape index (κ3) is 2.77. The van der Waals surface area contributed by atoms with Crippen molar-refractivity contribution in [3.8, 4) is 0 Å². The van der Waals surface area contributed by atoms with Crippen molar-refractivity contribution in [1.29, 1.82) is 0 Å². The molecule has 1 unspecified atom stereocenters. The van der Waals surface area contributed by atoms with Crippen LogP contribution >= 0.6 is 0 Å². The maximum absolute atomic E-state index is 12.2. The molecule has 0 fully saturated rings. The van der Waals surface area contributed by atoms with Gasteiger partial charge in [-0.05, 0) is 18.1 Å². The van der Waals surface area contributed by atoms with E-state index in [0.717, 1.165) is 11.1 Å². The Morgan fingerprint density at radius 2 is 1.93 bits per heavy atom. The van der Waals surface area contributed by atoms with E-state index in [1.165, 1.54) is 7.11 Å². The topological polar surface area (TPSA) is 9.23 Å². The van der Waals surface area contributed by atoms with Crippen LogP contribution in [0, 0.1) is 6.92 Å². The predicted molar refractivity (Wildman–Crippen MR) is 51.6 cm³/mol. The van der Waals surface area contributed by atoms with E-state index in [0.29, 0.717) is 0 Å². The minimum Gasteiger partial charge on any atom is -0.377 e. The lowest BCUT2D eigenvalue weighted by Crippen LogP contribution is -2.08. The number of methoxy groups -OCH3 is 1. The second-order valence-electron chi connectivity index (χ2n) is 3.21. The minimum absolute atomic E-state index is 0.249. The van der Waals surface area contributed by atoms with Gasteiger partial charge in [0.2, 0.25) is 6.43 Å². The summed E-state index contributed by atoms with van der Waals surface area (Å²) >= 11 is 0. The Balaban J connectivity index is 2.83. The normalized spacial score (nSPS) is 13.2. The number of aryl methyl sites for hydroxylation is 1. The van der Waals surface area contributed by atoms with Crippen LogP contribution < -0.4 is 0 Å². The highest BCUT2D eigenvalue weighted by molar-refractivity contribution is 5.27. The molecule has 0 heterocycles. The lowest BCUT2D eigenvalue weighted by Gasteiger charge is -2.17. The standard InChI is InChI=1S/C11H14F2O/c1-8-5-3-4-6-9(8)10(14-2)7-11(12)13/h3-6,10-11H,7H2,1-2H3. The molecule has 0 amide bonds. The van der Waals surface area contributed by atoms with Gasteiger partial charge in [-0.15, -0.1) is 0 Å². The molecule has 0 aliphatic heterocycles. The maximum Gasteiger partial charge on any atom is 0.241 e. The van der Waals surface area contributed by atoms with Crippen molar-refractivity contribution in [2.24, 2.45) is 0 Å². The van der Waals surface area contributed by atoms with E-state index in [1.54, 1.807) is 0 Å². The minimum atomic E-state index is -2.33. The molecule has 0 N–H and O–H groups in total. The first-order valence-corrected chi connectivity index (χ1v) is 4.51. The van der Waals surface area contributed by atoms with Crippen molar-refractivity contribution in [3.63, 3.8) is 0 Å². The third-order valence-electron chi connectivity index (χ3n) is 2.21. The summed E-state index contributed by atoms with van der Waals surface area (Å²) < 4.78 is 29.5. The van der Waals surface area contributed by atoms with Gasteiger partial charge in [0.15, 0.2) is 0 Å². The number of alkyl halides is 2. The molecule has 0 aliphatic rings. The zero-order valence-electron chi connectivity index (χ0n) is 8.34. The number of hydrogen-bond donors (Lipinski definition) is 0. The number of rotatable bonds is 4. The number of ether oxygens (including phenoxy) is 1. The second kappa shape index (κ2) is 5.05. The quantitative estimate of drug-likeness (QED) is 0.724. The van der Waals surface area contributed by atoms with E-state index in [-0.39, 0.29) is 6.42 Å². The smallest absolute Gasteiger partial charge is 0.241 e. The molecule has 0 spiro atoms. The molecular weight excluding hydrogens is 186 g/mol. The summed E-state index contributed by atoms with van der Waals surface area (Å²) in [7, 11) is 1.46. The first-order chi connectivity index (χ1) is 6.65. The summed E-state index contributed by atoms with van der Waals surface area (Å²) in [5.74, 6) is 0. The third-order valence-corrected chi connectivity index (χ3v) is 2.21. The van der Waals surface area contributed by atoms with Gasteiger partial charge >= 0.3 is 0 Å². The Morgan fingerprint density at radius 1 is 1.29 bits per heavy atom. The molecule has 0 radical (unpaired) electrons. The van der Waals surface area contributed by atoms with Crippen molar-refractivity contribution in [2.75, 3.05) is 7.11 Å². The van der Waals surface area contributed by atoms with Gasteiger partial charge in [0.05, 0.1) is 6.10 Å². The highest BCUT2D eigenvalue weighted by Gasteiger charge is 2.17. The fourth-order valence-electron chi connectivity index (χ4n) is 1.46. The Labute approximate surface area is 82.7 Å². The van der Waals surface area contributed by atoms with Crippen LogP contribution in [0.15, 0.2) is 24.3 Å². The number of benzene rings is 1. The van der Waals surface area contributed by atoms with Crippen molar-refractivity contribution >= 4 is 0 Å². The molecule has 1 aromatic carbocycles. The fraction of sp³-hybridized carbons (Fsp3) is 0.455. The molecule has 1 aromatic rings. The second-order valence-corrected chi connectivity index (χ2v) is 3.21. The van der Waals surface area contributed by atoms with E-state index in [4.69, 9.17) is 4.74 Å². The summed E-state index contributed by atoms with van der Waals surface area (Å²) in [5.41, 5.74) is 1.83. The molecule has 0 saturated heterocycles. The van der Waals surface area contributed by atoms with E-state index in [9.17, 15) is 8.78 Å². The first kappa shape index (κ1) is 11.1. The lowest BCUT2D eigenvalue weighted by atomic mass is 10.0. The van der Waals surface area contributed by atoms with Crippen molar-refractivity contribution in [2.45, 2.75) is 25.9 Å². The van der Waals surface area contributed by atoms with Gasteiger partial charge in [-0.3, -0.25) is 0 Å². The van der Waals surface area contributed by atoms with Crippen LogP contribution in [0.3, 0.4) is 0 Å². The van der Waals surface area contributed by atoms with Gasteiger partial charge in [-0.2, -0.15) is 0 Å². The molecule has 0 bridgehead atoms. The Hall–Kier alpha value is -0.960. The molecule has 0 saturated carbocycles. The molecular formula is C11H14F2O. The van der Waals surface area contributed by atoms with Crippen molar-refractivity contribution < 1.29 is 13.5 Å². The van der Waals surface area contributed by atoms with Crippen LogP contribution in [0.2, 0.25) is 0 Å². The molecule has 1 nitrogen and oxygen atoms in total. The molecule has 14 heavy (non-hydrogen) atoms. The first-order valence-electron chi connectivity index (χ1n) is 4.51. The zero-order chi connectivity index (χ0) is 10.6. The Kier molecular flexibility index (Phi) is 4.01. The average Bonchev–Trinajstić information content (AvgIpc) is 2.15. The largest absolute Gasteiger partial charge is 0.377 e. The van der Waals surface area contributed by atoms with Gasteiger partial charge in [0.1, 0.15) is 0 Å². The highest BCUT2D eigenvalue weighted by Crippen LogP contribution is 2.26. The molecule has 78 valence electrons. The van der Waals surface area contributed by atoms with Crippen LogP contribution in [-0.4, -0.2) is 13.5 Å². The van der Waals surface area contributed by atoms with Gasteiger partial charge < -0.3 is 4.74 Å². The summed E-state index contributed by atoms with van der Waals surface area (Å²) in [6.45, 7) is 1.90. The monoisotopic (exact) mass is 200 g/mol. The summed E-state index contributed by atoms with van der Waals surface area (Å²) in [6, 6.07) is 7.44. The van der Waals surface area contributed by atoms with Gasteiger partial charge in [-0.1, -0.05) is 24.3 Å². The maximum atomic E-state index is 12.2. The summed E-state index contributed by atoms with van der Waals surface area (Å²) in [4.78, 5) is 0. The Bertz CT molecular complexity index is 286. The zero-order valence-corrected chi connectivity index (χ0v) is 8.34. The van der Waals surface area contributed by atoms with Crippen LogP contribution in [-0.2, 0) is 4.74 Å². The van der Waals surface area contributed by atoms with E-state index in [1.807, 2.05) is 31.2 Å². The van der Waals surface area contributed by atoms with Gasteiger partial charge in [0.25, 0.3) is 0 Å². The number of halogens is 2. The van der Waals surface area contributed by atoms with Crippen LogP contribution in [0.25, 0.3) is 0 Å². The summed E-state index contributed by atoms with van der Waals surface area (Å²) in [6.07, 6.45) is -3.09. The molecule has 3 heteroatoms. The van der Waals surface area contributed by atoms with Gasteiger partial charge in [0, 0.05) is 13.5 Å². The highest BCUT2D eigenvalue weighted by atomic mass is 19.3. The molecule has 1 atom stereocenters. The van der Waals surface area contributed by atoms with E-state index < -0.39 is 12.5 Å². The predicted octanol–water partition coefficient (Wildman–Crippen LogP) is 3.34. The van der Waals surface area contributed by atoms with Crippen molar-refractivity contribution in [1.82, 2.24) is 0 Å². The number of hydrogen-bond acceptors (Lipinski definition) is 1. The van der Waals surface area contributed by atoms with Gasteiger partial charge in [-0.25, -0.2) is 8.78 Å². The summed E-state index contributed by atoms with van der Waals surface area (Å²) in [5, 5.41) is 0. The van der Waals surface area contributed by atoms with Crippen LogP contribution in [0.4, 0.5) is 8.78 Å². The SMILES string of the molecule is COC(CC(F)F)c1ccccc1C.